The zero-order valence-electron chi connectivity index (χ0n) is 9.30. The van der Waals surface area contributed by atoms with Crippen molar-refractivity contribution in [3.63, 3.8) is 0 Å². The van der Waals surface area contributed by atoms with Crippen LogP contribution in [0.15, 0.2) is 6.20 Å². The fourth-order valence-electron chi connectivity index (χ4n) is 1.57. The molecule has 0 fully saturated rings. The molecule has 0 saturated carbocycles. The molecule has 0 aliphatic carbocycles. The number of nitrogen functional groups attached to an aromatic ring is 1. The van der Waals surface area contributed by atoms with Gasteiger partial charge in [-0.15, -0.1) is 0 Å². The van der Waals surface area contributed by atoms with Crippen LogP contribution in [0.25, 0.3) is 0 Å². The molecule has 86 valence electrons. The van der Waals surface area contributed by atoms with Gasteiger partial charge in [0, 0.05) is 11.8 Å². The SMILES string of the molecule is CC(C)OC(=O)N1Cc2cnc(N)nc2C1. The van der Waals surface area contributed by atoms with Gasteiger partial charge in [0.2, 0.25) is 5.95 Å². The van der Waals surface area contributed by atoms with Crippen molar-refractivity contribution in [2.45, 2.75) is 33.0 Å². The van der Waals surface area contributed by atoms with Crippen molar-refractivity contribution in [1.82, 2.24) is 14.9 Å². The number of hydrogen-bond acceptors (Lipinski definition) is 5. The number of hydrogen-bond donors (Lipinski definition) is 1. The number of nitrogens with zero attached hydrogens (tertiary/aromatic N) is 3. The van der Waals surface area contributed by atoms with Crippen LogP contribution in [0.3, 0.4) is 0 Å². The smallest absolute Gasteiger partial charge is 0.410 e. The molecule has 0 radical (unpaired) electrons. The molecule has 1 amide bonds. The maximum Gasteiger partial charge on any atom is 0.410 e. The molecule has 0 spiro atoms. The van der Waals surface area contributed by atoms with Crippen LogP contribution < -0.4 is 5.73 Å². The minimum absolute atomic E-state index is 0.118. The first kappa shape index (κ1) is 10.7. The molecule has 2 N–H and O–H groups in total. The lowest BCUT2D eigenvalue weighted by Crippen LogP contribution is -2.28. The van der Waals surface area contributed by atoms with Crippen molar-refractivity contribution in [2.24, 2.45) is 0 Å². The number of carbonyl (C=O) groups is 1. The van der Waals surface area contributed by atoms with Crippen molar-refractivity contribution in [3.8, 4) is 0 Å². The molecule has 0 atom stereocenters. The van der Waals surface area contributed by atoms with Gasteiger partial charge >= 0.3 is 6.09 Å². The largest absolute Gasteiger partial charge is 0.447 e. The monoisotopic (exact) mass is 222 g/mol. The van der Waals surface area contributed by atoms with Crippen LogP contribution in [0.4, 0.5) is 10.7 Å². The highest BCUT2D eigenvalue weighted by atomic mass is 16.6. The molecule has 1 aliphatic rings. The average Bonchev–Trinajstić information content (AvgIpc) is 2.59. The van der Waals surface area contributed by atoms with Crippen LogP contribution in [-0.2, 0) is 17.8 Å². The maximum atomic E-state index is 11.6. The molecule has 1 aromatic heterocycles. The van der Waals surface area contributed by atoms with Crippen LogP contribution in [0.1, 0.15) is 25.1 Å². The van der Waals surface area contributed by atoms with Crippen LogP contribution in [0.2, 0.25) is 0 Å². The topological polar surface area (TPSA) is 81.3 Å². The van der Waals surface area contributed by atoms with E-state index in [0.717, 1.165) is 11.3 Å². The third kappa shape index (κ3) is 2.05. The predicted molar refractivity (Wildman–Crippen MR) is 57.3 cm³/mol. The first-order chi connectivity index (χ1) is 7.56. The summed E-state index contributed by atoms with van der Waals surface area (Å²) >= 11 is 0. The number of rotatable bonds is 1. The Hall–Kier alpha value is -1.85. The van der Waals surface area contributed by atoms with E-state index >= 15 is 0 Å². The summed E-state index contributed by atoms with van der Waals surface area (Å²) in [6.07, 6.45) is 1.21. The van der Waals surface area contributed by atoms with Gasteiger partial charge in [-0.05, 0) is 13.8 Å². The van der Waals surface area contributed by atoms with Gasteiger partial charge < -0.3 is 10.5 Å². The van der Waals surface area contributed by atoms with E-state index in [2.05, 4.69) is 9.97 Å². The van der Waals surface area contributed by atoms with E-state index in [0.29, 0.717) is 13.1 Å². The lowest BCUT2D eigenvalue weighted by molar-refractivity contribution is 0.0758. The third-order valence-corrected chi connectivity index (χ3v) is 2.27. The molecule has 1 aliphatic heterocycles. The van der Waals surface area contributed by atoms with Crippen molar-refractivity contribution >= 4 is 12.0 Å². The van der Waals surface area contributed by atoms with E-state index in [1.165, 1.54) is 0 Å². The number of nitrogens with two attached hydrogens (primary N) is 1. The third-order valence-electron chi connectivity index (χ3n) is 2.27. The Kier molecular flexibility index (Phi) is 2.64. The highest BCUT2D eigenvalue weighted by Gasteiger charge is 2.26. The van der Waals surface area contributed by atoms with Gasteiger partial charge in [0.25, 0.3) is 0 Å². The second-order valence-corrected chi connectivity index (χ2v) is 3.99. The summed E-state index contributed by atoms with van der Waals surface area (Å²) in [5.41, 5.74) is 7.20. The molecule has 2 heterocycles. The first-order valence-electron chi connectivity index (χ1n) is 5.12. The van der Waals surface area contributed by atoms with Crippen LogP contribution in [-0.4, -0.2) is 27.1 Å². The molecular weight excluding hydrogens is 208 g/mol. The minimum atomic E-state index is -0.327. The summed E-state index contributed by atoms with van der Waals surface area (Å²) in [7, 11) is 0. The van der Waals surface area contributed by atoms with Gasteiger partial charge in [0.05, 0.1) is 24.9 Å². The number of ether oxygens (including phenoxy) is 1. The number of fused-ring (bicyclic) bond motifs is 1. The number of amides is 1. The lowest BCUT2D eigenvalue weighted by Gasteiger charge is -2.16. The van der Waals surface area contributed by atoms with E-state index in [-0.39, 0.29) is 18.1 Å². The molecule has 16 heavy (non-hydrogen) atoms. The molecule has 0 saturated heterocycles. The molecule has 6 heteroatoms. The zero-order valence-corrected chi connectivity index (χ0v) is 9.30. The van der Waals surface area contributed by atoms with E-state index in [9.17, 15) is 4.79 Å². The summed E-state index contributed by atoms with van der Waals surface area (Å²) in [5.74, 6) is 0.234. The van der Waals surface area contributed by atoms with Crippen LogP contribution >= 0.6 is 0 Å². The fraction of sp³-hybridized carbons (Fsp3) is 0.500. The Morgan fingerprint density at radius 1 is 1.56 bits per heavy atom. The summed E-state index contributed by atoms with van der Waals surface area (Å²) in [5, 5.41) is 0. The molecule has 2 rings (SSSR count). The summed E-state index contributed by atoms with van der Waals surface area (Å²) in [6, 6.07) is 0. The molecular formula is C10H14N4O2. The van der Waals surface area contributed by atoms with Crippen molar-refractivity contribution < 1.29 is 9.53 Å². The number of aromatic nitrogens is 2. The molecule has 0 unspecified atom stereocenters. The van der Waals surface area contributed by atoms with Gasteiger partial charge in [0.1, 0.15) is 0 Å². The van der Waals surface area contributed by atoms with Crippen LogP contribution in [0, 0.1) is 0 Å². The lowest BCUT2D eigenvalue weighted by atomic mass is 10.3. The van der Waals surface area contributed by atoms with Gasteiger partial charge in [-0.1, -0.05) is 0 Å². The van der Waals surface area contributed by atoms with Crippen molar-refractivity contribution in [3.05, 3.63) is 17.5 Å². The Balaban J connectivity index is 2.08. The number of anilines is 1. The normalized spacial score (nSPS) is 14.1. The highest BCUT2D eigenvalue weighted by Crippen LogP contribution is 2.21. The fourth-order valence-corrected chi connectivity index (χ4v) is 1.57. The van der Waals surface area contributed by atoms with Gasteiger partial charge in [-0.2, -0.15) is 0 Å². The maximum absolute atomic E-state index is 11.6. The van der Waals surface area contributed by atoms with E-state index in [4.69, 9.17) is 10.5 Å². The van der Waals surface area contributed by atoms with Gasteiger partial charge in [-0.3, -0.25) is 4.90 Å². The van der Waals surface area contributed by atoms with E-state index in [1.807, 2.05) is 13.8 Å². The van der Waals surface area contributed by atoms with Crippen LogP contribution in [0.5, 0.6) is 0 Å². The van der Waals surface area contributed by atoms with Crippen molar-refractivity contribution in [2.75, 3.05) is 5.73 Å². The summed E-state index contributed by atoms with van der Waals surface area (Å²) in [4.78, 5) is 21.2. The Bertz CT molecular complexity index is 419. The van der Waals surface area contributed by atoms with E-state index < -0.39 is 0 Å². The Morgan fingerprint density at radius 3 is 3.00 bits per heavy atom. The standard InChI is InChI=1S/C10H14N4O2/c1-6(2)16-10(15)14-4-7-3-12-9(11)13-8(7)5-14/h3,6H,4-5H2,1-2H3,(H2,11,12,13). The van der Waals surface area contributed by atoms with E-state index in [1.54, 1.807) is 11.1 Å². The molecule has 1 aromatic rings. The summed E-state index contributed by atoms with van der Waals surface area (Å²) < 4.78 is 5.10. The Morgan fingerprint density at radius 2 is 2.31 bits per heavy atom. The van der Waals surface area contributed by atoms with Gasteiger partial charge in [0.15, 0.2) is 0 Å². The molecule has 0 aromatic carbocycles. The first-order valence-corrected chi connectivity index (χ1v) is 5.12. The zero-order chi connectivity index (χ0) is 11.7. The second-order valence-electron chi connectivity index (χ2n) is 3.99. The second kappa shape index (κ2) is 3.96. The van der Waals surface area contributed by atoms with Gasteiger partial charge in [-0.25, -0.2) is 14.8 Å². The predicted octanol–water partition coefficient (Wildman–Crippen LogP) is 0.919. The average molecular weight is 222 g/mol. The highest BCUT2D eigenvalue weighted by molar-refractivity contribution is 5.68. The summed E-state index contributed by atoms with van der Waals surface area (Å²) in [6.45, 7) is 4.56. The van der Waals surface area contributed by atoms with Crippen molar-refractivity contribution in [1.29, 1.82) is 0 Å². The minimum Gasteiger partial charge on any atom is -0.447 e. The molecule has 0 bridgehead atoms. The number of carbonyl (C=O) groups excluding carboxylic acids is 1. The quantitative estimate of drug-likeness (QED) is 0.764. The molecule has 6 nitrogen and oxygen atoms in total. The Labute approximate surface area is 93.4 Å².